The first-order valence-electron chi connectivity index (χ1n) is 5.48. The summed E-state index contributed by atoms with van der Waals surface area (Å²) in [6.45, 7) is 1.85. The van der Waals surface area contributed by atoms with Gasteiger partial charge in [-0.25, -0.2) is 0 Å². The van der Waals surface area contributed by atoms with Crippen LogP contribution in [0.3, 0.4) is 0 Å². The zero-order chi connectivity index (χ0) is 14.2. The van der Waals surface area contributed by atoms with Gasteiger partial charge in [-0.15, -0.1) is 11.3 Å². The molecule has 0 saturated carbocycles. The van der Waals surface area contributed by atoms with Crippen molar-refractivity contribution in [2.24, 2.45) is 5.73 Å². The highest BCUT2D eigenvalue weighted by atomic mass is 79.9. The molecule has 2 aromatic rings. The average Bonchev–Trinajstić information content (AvgIpc) is 2.66. The zero-order valence-corrected chi connectivity index (χ0v) is 12.4. The molecule has 0 aliphatic rings. The number of rotatable bonds is 2. The van der Waals surface area contributed by atoms with Crippen molar-refractivity contribution in [3.05, 3.63) is 55.7 Å². The second-order valence-electron chi connectivity index (χ2n) is 4.12. The molecular formula is C13H11BrF3NS. The van der Waals surface area contributed by atoms with Crippen molar-refractivity contribution in [1.82, 2.24) is 0 Å². The lowest BCUT2D eigenvalue weighted by molar-refractivity contribution is -0.138. The molecule has 0 fully saturated rings. The molecule has 2 N–H and O–H groups in total. The minimum Gasteiger partial charge on any atom is -0.320 e. The normalized spacial score (nSPS) is 13.6. The number of aryl methyl sites for hydroxylation is 1. The molecule has 1 atom stereocenters. The van der Waals surface area contributed by atoms with Crippen molar-refractivity contribution in [2.75, 3.05) is 0 Å². The summed E-state index contributed by atoms with van der Waals surface area (Å²) in [7, 11) is 0. The Hall–Kier alpha value is -0.850. The molecule has 1 aromatic heterocycles. The number of thiophene rings is 1. The molecule has 102 valence electrons. The van der Waals surface area contributed by atoms with E-state index in [9.17, 15) is 13.2 Å². The van der Waals surface area contributed by atoms with Gasteiger partial charge in [0.15, 0.2) is 0 Å². The first-order chi connectivity index (χ1) is 8.80. The van der Waals surface area contributed by atoms with Crippen LogP contribution in [0.25, 0.3) is 0 Å². The van der Waals surface area contributed by atoms with Crippen LogP contribution in [0.15, 0.2) is 34.1 Å². The smallest absolute Gasteiger partial charge is 0.320 e. The van der Waals surface area contributed by atoms with Crippen LogP contribution in [0.4, 0.5) is 13.2 Å². The largest absolute Gasteiger partial charge is 0.416 e. The first-order valence-corrected chi connectivity index (χ1v) is 7.09. The van der Waals surface area contributed by atoms with Crippen LogP contribution < -0.4 is 5.73 Å². The van der Waals surface area contributed by atoms with E-state index in [1.54, 1.807) is 12.1 Å². The van der Waals surface area contributed by atoms with Crippen molar-refractivity contribution in [3.8, 4) is 0 Å². The topological polar surface area (TPSA) is 26.0 Å². The molecule has 0 aliphatic heterocycles. The molecule has 0 aliphatic carbocycles. The van der Waals surface area contributed by atoms with Crippen molar-refractivity contribution < 1.29 is 13.2 Å². The van der Waals surface area contributed by atoms with E-state index in [2.05, 4.69) is 15.9 Å². The fraction of sp³-hybridized carbons (Fsp3) is 0.231. The van der Waals surface area contributed by atoms with E-state index < -0.39 is 17.8 Å². The predicted octanol–water partition coefficient (Wildman–Crippen LogP) is 4.89. The monoisotopic (exact) mass is 349 g/mol. The molecule has 19 heavy (non-hydrogen) atoms. The molecule has 0 amide bonds. The molecule has 0 spiro atoms. The van der Waals surface area contributed by atoms with E-state index in [4.69, 9.17) is 5.73 Å². The van der Waals surface area contributed by atoms with E-state index >= 15 is 0 Å². The van der Waals surface area contributed by atoms with Gasteiger partial charge in [-0.05, 0) is 46.1 Å². The Morgan fingerprint density at radius 3 is 2.37 bits per heavy atom. The first kappa shape index (κ1) is 14.6. The zero-order valence-electron chi connectivity index (χ0n) is 9.96. The standard InChI is InChI=1S/C13H11BrF3NS/c1-7-9(6-11(14)19-7)12(18)8-4-2-3-5-10(8)13(15,16)17/h2-6,12H,18H2,1H3. The van der Waals surface area contributed by atoms with Gasteiger partial charge in [0.1, 0.15) is 0 Å². The van der Waals surface area contributed by atoms with Crippen LogP contribution in [0.1, 0.15) is 27.6 Å². The van der Waals surface area contributed by atoms with Gasteiger partial charge in [0.25, 0.3) is 0 Å². The molecule has 6 heteroatoms. The Balaban J connectivity index is 2.50. The highest BCUT2D eigenvalue weighted by molar-refractivity contribution is 9.11. The summed E-state index contributed by atoms with van der Waals surface area (Å²) < 4.78 is 39.8. The number of halogens is 4. The summed E-state index contributed by atoms with van der Waals surface area (Å²) in [4.78, 5) is 0.913. The Kier molecular flexibility index (Phi) is 4.03. The van der Waals surface area contributed by atoms with Gasteiger partial charge in [-0.1, -0.05) is 18.2 Å². The van der Waals surface area contributed by atoms with Gasteiger partial charge < -0.3 is 5.73 Å². The number of benzene rings is 1. The molecule has 1 nitrogen and oxygen atoms in total. The molecule has 0 bridgehead atoms. The summed E-state index contributed by atoms with van der Waals surface area (Å²) >= 11 is 4.78. The lowest BCUT2D eigenvalue weighted by Gasteiger charge is -2.18. The van der Waals surface area contributed by atoms with Crippen molar-refractivity contribution in [2.45, 2.75) is 19.1 Å². The Morgan fingerprint density at radius 2 is 1.84 bits per heavy atom. The molecule has 1 aromatic carbocycles. The molecular weight excluding hydrogens is 339 g/mol. The fourth-order valence-corrected chi connectivity index (χ4v) is 3.72. The second-order valence-corrected chi connectivity index (χ2v) is 6.76. The minimum absolute atomic E-state index is 0.100. The van der Waals surface area contributed by atoms with Gasteiger partial charge in [0.05, 0.1) is 15.4 Å². The Morgan fingerprint density at radius 1 is 1.21 bits per heavy atom. The van der Waals surface area contributed by atoms with Crippen LogP contribution in [0.5, 0.6) is 0 Å². The average molecular weight is 350 g/mol. The van der Waals surface area contributed by atoms with Gasteiger partial charge in [-0.3, -0.25) is 0 Å². The van der Waals surface area contributed by atoms with E-state index in [0.29, 0.717) is 5.56 Å². The van der Waals surface area contributed by atoms with Gasteiger partial charge in [-0.2, -0.15) is 13.2 Å². The Bertz CT molecular complexity index is 592. The third-order valence-electron chi connectivity index (χ3n) is 2.86. The van der Waals surface area contributed by atoms with Crippen molar-refractivity contribution >= 4 is 27.3 Å². The van der Waals surface area contributed by atoms with Gasteiger partial charge >= 0.3 is 6.18 Å². The summed E-state index contributed by atoms with van der Waals surface area (Å²) in [5.74, 6) is 0. The SMILES string of the molecule is Cc1sc(Br)cc1C(N)c1ccccc1C(F)(F)F. The minimum atomic E-state index is -4.39. The second kappa shape index (κ2) is 5.26. The van der Waals surface area contributed by atoms with E-state index in [-0.39, 0.29) is 5.56 Å². The third kappa shape index (κ3) is 3.01. The molecule has 1 unspecified atom stereocenters. The van der Waals surface area contributed by atoms with Crippen LogP contribution in [0.2, 0.25) is 0 Å². The highest BCUT2D eigenvalue weighted by Gasteiger charge is 2.34. The summed E-state index contributed by atoms with van der Waals surface area (Å²) in [6, 6.07) is 6.43. The summed E-state index contributed by atoms with van der Waals surface area (Å²) in [5, 5.41) is 0. The molecule has 0 radical (unpaired) electrons. The quantitative estimate of drug-likeness (QED) is 0.820. The predicted molar refractivity (Wildman–Crippen MR) is 74.2 cm³/mol. The number of hydrogen-bond acceptors (Lipinski definition) is 2. The van der Waals surface area contributed by atoms with Crippen LogP contribution in [-0.2, 0) is 6.18 Å². The maximum Gasteiger partial charge on any atom is 0.416 e. The van der Waals surface area contributed by atoms with Crippen LogP contribution >= 0.6 is 27.3 Å². The number of alkyl halides is 3. The van der Waals surface area contributed by atoms with Crippen LogP contribution in [0, 0.1) is 6.92 Å². The molecule has 0 saturated heterocycles. The number of nitrogens with two attached hydrogens (primary N) is 1. The van der Waals surface area contributed by atoms with Crippen molar-refractivity contribution in [3.63, 3.8) is 0 Å². The lowest BCUT2D eigenvalue weighted by atomic mass is 9.95. The highest BCUT2D eigenvalue weighted by Crippen LogP contribution is 2.38. The molecule has 1 heterocycles. The van der Waals surface area contributed by atoms with Crippen LogP contribution in [-0.4, -0.2) is 0 Å². The summed E-state index contributed by atoms with van der Waals surface area (Å²) in [6.07, 6.45) is -4.39. The van der Waals surface area contributed by atoms with Gasteiger partial charge in [0.2, 0.25) is 0 Å². The maximum absolute atomic E-state index is 13.0. The maximum atomic E-state index is 13.0. The van der Waals surface area contributed by atoms with Gasteiger partial charge in [0, 0.05) is 4.88 Å². The Labute approximate surface area is 121 Å². The lowest BCUT2D eigenvalue weighted by Crippen LogP contribution is -2.18. The van der Waals surface area contributed by atoms with E-state index in [1.807, 2.05) is 6.92 Å². The third-order valence-corrected chi connectivity index (χ3v) is 4.43. The van der Waals surface area contributed by atoms with E-state index in [1.165, 1.54) is 23.5 Å². The fourth-order valence-electron chi connectivity index (χ4n) is 1.96. The molecule has 2 rings (SSSR count). The number of hydrogen-bond donors (Lipinski definition) is 1. The van der Waals surface area contributed by atoms with E-state index in [0.717, 1.165) is 14.7 Å². The summed E-state index contributed by atoms with van der Waals surface area (Å²) in [5.41, 5.74) is 6.15. The van der Waals surface area contributed by atoms with Crippen molar-refractivity contribution in [1.29, 1.82) is 0 Å².